The Labute approximate surface area is 204 Å². The molecule has 0 unspecified atom stereocenters. The van der Waals surface area contributed by atoms with Crippen LogP contribution in [0.1, 0.15) is 39.0 Å². The van der Waals surface area contributed by atoms with Gasteiger partial charge in [-0.15, -0.1) is 0 Å². The van der Waals surface area contributed by atoms with Crippen molar-refractivity contribution in [2.75, 3.05) is 65.6 Å². The second-order valence-corrected chi connectivity index (χ2v) is 11.5. The standard InChI is InChI=1S/C25H39N3O5S/c1-2-33-23-3-5-24(6-4-23)34(30,31)28-15-10-22(11-16-28)25(29)27-13-8-21(9-14-27)7-12-26-17-19-32-20-18-26/h3-6,21-22H,2,7-20H2,1H3. The fraction of sp³-hybridized carbons (Fsp3) is 0.720. The van der Waals surface area contributed by atoms with Crippen molar-refractivity contribution in [1.29, 1.82) is 0 Å². The number of morpholine rings is 1. The lowest BCUT2D eigenvalue weighted by molar-refractivity contribution is -0.138. The fourth-order valence-corrected chi connectivity index (χ4v) is 6.73. The molecular formula is C25H39N3O5S. The number of amides is 1. The van der Waals surface area contributed by atoms with Crippen LogP contribution in [0.4, 0.5) is 0 Å². The van der Waals surface area contributed by atoms with Crippen molar-refractivity contribution >= 4 is 15.9 Å². The predicted molar refractivity (Wildman–Crippen MR) is 130 cm³/mol. The van der Waals surface area contributed by atoms with Crippen LogP contribution in [0.15, 0.2) is 29.2 Å². The fourth-order valence-electron chi connectivity index (χ4n) is 5.26. The molecule has 1 amide bonds. The van der Waals surface area contributed by atoms with Gasteiger partial charge >= 0.3 is 0 Å². The van der Waals surface area contributed by atoms with E-state index in [4.69, 9.17) is 9.47 Å². The highest BCUT2D eigenvalue weighted by Crippen LogP contribution is 2.28. The summed E-state index contributed by atoms with van der Waals surface area (Å²) in [6.07, 6.45) is 4.52. The van der Waals surface area contributed by atoms with Gasteiger partial charge in [0.25, 0.3) is 0 Å². The Kier molecular flexibility index (Phi) is 8.85. The van der Waals surface area contributed by atoms with Crippen molar-refractivity contribution in [3.05, 3.63) is 24.3 Å². The van der Waals surface area contributed by atoms with Gasteiger partial charge in [0.1, 0.15) is 5.75 Å². The molecule has 0 saturated carbocycles. The average molecular weight is 494 g/mol. The first-order chi connectivity index (χ1) is 16.5. The van der Waals surface area contributed by atoms with Gasteiger partial charge in [-0.1, -0.05) is 0 Å². The molecule has 0 aliphatic carbocycles. The molecule has 8 nitrogen and oxygen atoms in total. The topological polar surface area (TPSA) is 79.4 Å². The molecule has 3 saturated heterocycles. The van der Waals surface area contributed by atoms with Gasteiger partial charge in [0.05, 0.1) is 24.7 Å². The number of benzene rings is 1. The van der Waals surface area contributed by atoms with Crippen molar-refractivity contribution in [3.63, 3.8) is 0 Å². The molecular weight excluding hydrogens is 454 g/mol. The third kappa shape index (κ3) is 6.30. The van der Waals surface area contributed by atoms with Gasteiger partial charge in [-0.25, -0.2) is 8.42 Å². The number of ether oxygens (including phenoxy) is 2. The van der Waals surface area contributed by atoms with Crippen molar-refractivity contribution in [2.45, 2.75) is 43.9 Å². The van der Waals surface area contributed by atoms with Crippen molar-refractivity contribution in [1.82, 2.24) is 14.1 Å². The number of rotatable bonds is 8. The Morgan fingerprint density at radius 3 is 2.24 bits per heavy atom. The zero-order chi connectivity index (χ0) is 24.0. The van der Waals surface area contributed by atoms with Crippen LogP contribution in [0, 0.1) is 11.8 Å². The first kappa shape index (κ1) is 25.4. The smallest absolute Gasteiger partial charge is 0.243 e. The first-order valence-corrected chi connectivity index (χ1v) is 14.2. The van der Waals surface area contributed by atoms with E-state index in [0.717, 1.165) is 58.8 Å². The Morgan fingerprint density at radius 1 is 0.971 bits per heavy atom. The van der Waals surface area contributed by atoms with Gasteiger partial charge in [0, 0.05) is 45.2 Å². The summed E-state index contributed by atoms with van der Waals surface area (Å²) < 4.78 is 38.4. The summed E-state index contributed by atoms with van der Waals surface area (Å²) >= 11 is 0. The van der Waals surface area contributed by atoms with Crippen molar-refractivity contribution < 1.29 is 22.7 Å². The molecule has 0 radical (unpaired) electrons. The van der Waals surface area contributed by atoms with E-state index in [1.807, 2.05) is 11.8 Å². The summed E-state index contributed by atoms with van der Waals surface area (Å²) in [5.41, 5.74) is 0. The molecule has 3 fully saturated rings. The third-order valence-electron chi connectivity index (χ3n) is 7.46. The van der Waals surface area contributed by atoms with Gasteiger partial charge in [0.15, 0.2) is 0 Å². The maximum absolute atomic E-state index is 13.1. The Morgan fingerprint density at radius 2 is 1.62 bits per heavy atom. The Bertz CT molecular complexity index is 886. The van der Waals surface area contributed by atoms with E-state index in [0.29, 0.717) is 44.2 Å². The second kappa shape index (κ2) is 11.8. The predicted octanol–water partition coefficient (Wildman–Crippen LogP) is 2.45. The number of nitrogens with zero attached hydrogens (tertiary/aromatic N) is 3. The zero-order valence-electron chi connectivity index (χ0n) is 20.4. The molecule has 0 spiro atoms. The van der Waals surface area contributed by atoms with Gasteiger partial charge in [-0.05, 0) is 75.8 Å². The van der Waals surface area contributed by atoms with Crippen LogP contribution in [-0.4, -0.2) is 94.1 Å². The average Bonchev–Trinajstić information content (AvgIpc) is 2.88. The van der Waals surface area contributed by atoms with Crippen LogP contribution in [-0.2, 0) is 19.6 Å². The minimum Gasteiger partial charge on any atom is -0.494 e. The highest BCUT2D eigenvalue weighted by Gasteiger charge is 2.35. The number of likely N-dealkylation sites (tertiary alicyclic amines) is 1. The van der Waals surface area contributed by atoms with Crippen LogP contribution in [0.2, 0.25) is 0 Å². The summed E-state index contributed by atoms with van der Waals surface area (Å²) in [6.45, 7) is 9.75. The quantitative estimate of drug-likeness (QED) is 0.554. The molecule has 3 aliphatic heterocycles. The van der Waals surface area contributed by atoms with Crippen LogP contribution >= 0.6 is 0 Å². The van der Waals surface area contributed by atoms with E-state index < -0.39 is 10.0 Å². The third-order valence-corrected chi connectivity index (χ3v) is 9.37. The highest BCUT2D eigenvalue weighted by molar-refractivity contribution is 7.89. The number of carbonyl (C=O) groups excluding carboxylic acids is 1. The maximum atomic E-state index is 13.1. The Hall–Kier alpha value is -1.68. The summed E-state index contributed by atoms with van der Waals surface area (Å²) in [4.78, 5) is 17.9. The first-order valence-electron chi connectivity index (χ1n) is 12.8. The number of sulfonamides is 1. The largest absolute Gasteiger partial charge is 0.494 e. The van der Waals surface area contributed by atoms with Gasteiger partial charge in [-0.3, -0.25) is 9.69 Å². The number of piperidine rings is 2. The zero-order valence-corrected chi connectivity index (χ0v) is 21.2. The van der Waals surface area contributed by atoms with Gasteiger partial charge in [0.2, 0.25) is 15.9 Å². The van der Waals surface area contributed by atoms with Crippen LogP contribution in [0.25, 0.3) is 0 Å². The summed E-state index contributed by atoms with van der Waals surface area (Å²) in [6, 6.07) is 6.58. The molecule has 0 N–H and O–H groups in total. The molecule has 0 atom stereocenters. The lowest BCUT2D eigenvalue weighted by Gasteiger charge is -2.37. The molecule has 34 heavy (non-hydrogen) atoms. The molecule has 1 aromatic rings. The molecule has 0 bridgehead atoms. The van der Waals surface area contributed by atoms with E-state index >= 15 is 0 Å². The minimum absolute atomic E-state index is 0.0725. The van der Waals surface area contributed by atoms with Gasteiger partial charge < -0.3 is 14.4 Å². The molecule has 4 rings (SSSR count). The number of hydrogen-bond acceptors (Lipinski definition) is 6. The van der Waals surface area contributed by atoms with Crippen LogP contribution < -0.4 is 4.74 Å². The normalized spacial score (nSPS) is 22.1. The molecule has 3 aliphatic rings. The lowest BCUT2D eigenvalue weighted by Crippen LogP contribution is -2.46. The van der Waals surface area contributed by atoms with Crippen LogP contribution in [0.5, 0.6) is 5.75 Å². The van der Waals surface area contributed by atoms with E-state index in [1.165, 1.54) is 10.7 Å². The molecule has 0 aromatic heterocycles. The monoisotopic (exact) mass is 493 g/mol. The highest BCUT2D eigenvalue weighted by atomic mass is 32.2. The number of carbonyl (C=O) groups is 1. The SMILES string of the molecule is CCOc1ccc(S(=O)(=O)N2CCC(C(=O)N3CCC(CCN4CCOCC4)CC3)CC2)cc1. The summed E-state index contributed by atoms with van der Waals surface area (Å²) in [5, 5.41) is 0. The summed E-state index contributed by atoms with van der Waals surface area (Å²) in [5.74, 6) is 1.49. The van der Waals surface area contributed by atoms with E-state index in [2.05, 4.69) is 4.90 Å². The van der Waals surface area contributed by atoms with E-state index in [1.54, 1.807) is 24.3 Å². The molecule has 190 valence electrons. The van der Waals surface area contributed by atoms with Crippen LogP contribution in [0.3, 0.4) is 0 Å². The summed E-state index contributed by atoms with van der Waals surface area (Å²) in [7, 11) is -3.55. The van der Waals surface area contributed by atoms with E-state index in [-0.39, 0.29) is 16.7 Å². The van der Waals surface area contributed by atoms with Crippen molar-refractivity contribution in [3.8, 4) is 5.75 Å². The van der Waals surface area contributed by atoms with Crippen molar-refractivity contribution in [2.24, 2.45) is 11.8 Å². The lowest BCUT2D eigenvalue weighted by atomic mass is 9.91. The maximum Gasteiger partial charge on any atom is 0.243 e. The minimum atomic E-state index is -3.55. The Balaban J connectivity index is 1.21. The molecule has 9 heteroatoms. The molecule has 3 heterocycles. The van der Waals surface area contributed by atoms with Gasteiger partial charge in [-0.2, -0.15) is 4.31 Å². The second-order valence-electron chi connectivity index (χ2n) is 9.59. The number of hydrogen-bond donors (Lipinski definition) is 0. The van der Waals surface area contributed by atoms with E-state index in [9.17, 15) is 13.2 Å². The molecule has 1 aromatic carbocycles.